The van der Waals surface area contributed by atoms with Gasteiger partial charge in [-0.25, -0.2) is 5.01 Å². The van der Waals surface area contributed by atoms with Crippen LogP contribution in [0.1, 0.15) is 11.1 Å². The second-order valence-electron chi connectivity index (χ2n) is 8.02. The van der Waals surface area contributed by atoms with Crippen molar-refractivity contribution >= 4 is 46.8 Å². The van der Waals surface area contributed by atoms with Crippen molar-refractivity contribution in [3.05, 3.63) is 101 Å². The molecule has 1 aliphatic rings. The van der Waals surface area contributed by atoms with E-state index in [0.29, 0.717) is 45.4 Å². The van der Waals surface area contributed by atoms with Crippen molar-refractivity contribution in [2.24, 2.45) is 0 Å². The molecule has 1 heterocycles. The van der Waals surface area contributed by atoms with E-state index in [2.05, 4.69) is 17.3 Å². The van der Waals surface area contributed by atoms with Gasteiger partial charge in [0.25, 0.3) is 17.7 Å². The second-order valence-corrected chi connectivity index (χ2v) is 8.46. The number of allylic oxidation sites excluding steroid dienone is 1. The lowest BCUT2D eigenvalue weighted by atomic mass is 10.0. The van der Waals surface area contributed by atoms with Crippen LogP contribution in [-0.4, -0.2) is 31.4 Å². The van der Waals surface area contributed by atoms with Crippen molar-refractivity contribution in [2.75, 3.05) is 24.0 Å². The quantitative estimate of drug-likeness (QED) is 0.246. The van der Waals surface area contributed by atoms with Crippen LogP contribution in [0.15, 0.2) is 85.0 Å². The summed E-state index contributed by atoms with van der Waals surface area (Å²) >= 11 is 5.88. The number of hydrazine groups is 1. The number of benzene rings is 3. The zero-order chi connectivity index (χ0) is 26.4. The van der Waals surface area contributed by atoms with Crippen LogP contribution in [0, 0.1) is 0 Å². The standard InChI is InChI=1S/C28H24ClN3O5/c1-3-7-19-14-18(15-23-27(34)31-32(28(23)35)22-8-5-4-6-9-22)16-24(36-2)26(19)37-17-25(33)30-21-12-10-20(29)11-13-21/h3-6,8-16H,1,7,17H2,2H3,(H,30,33)(H,31,34)/b23-15-. The number of methoxy groups -OCH3 is 1. The summed E-state index contributed by atoms with van der Waals surface area (Å²) in [6.07, 6.45) is 3.57. The van der Waals surface area contributed by atoms with E-state index in [1.54, 1.807) is 66.7 Å². The van der Waals surface area contributed by atoms with Gasteiger partial charge in [-0.05, 0) is 66.6 Å². The van der Waals surface area contributed by atoms with Crippen molar-refractivity contribution in [3.8, 4) is 11.5 Å². The number of rotatable bonds is 9. The molecule has 0 aliphatic carbocycles. The van der Waals surface area contributed by atoms with E-state index in [4.69, 9.17) is 21.1 Å². The van der Waals surface area contributed by atoms with Crippen LogP contribution in [0.5, 0.6) is 11.5 Å². The Balaban J connectivity index is 1.56. The lowest BCUT2D eigenvalue weighted by molar-refractivity contribution is -0.118. The molecule has 1 aliphatic heterocycles. The molecule has 1 fully saturated rings. The Bertz CT molecular complexity index is 1370. The summed E-state index contributed by atoms with van der Waals surface area (Å²) < 4.78 is 11.3. The number of carbonyl (C=O) groups excluding carboxylic acids is 3. The second kappa shape index (κ2) is 11.5. The van der Waals surface area contributed by atoms with Gasteiger partial charge in [0.2, 0.25) is 0 Å². The van der Waals surface area contributed by atoms with Crippen LogP contribution in [0.4, 0.5) is 11.4 Å². The molecule has 3 amide bonds. The minimum Gasteiger partial charge on any atom is -0.493 e. The fourth-order valence-electron chi connectivity index (χ4n) is 3.74. The molecule has 8 nitrogen and oxygen atoms in total. The van der Waals surface area contributed by atoms with E-state index in [1.807, 2.05) is 6.07 Å². The van der Waals surface area contributed by atoms with Crippen LogP contribution < -0.4 is 25.2 Å². The van der Waals surface area contributed by atoms with E-state index in [0.717, 1.165) is 0 Å². The molecule has 0 atom stereocenters. The van der Waals surface area contributed by atoms with Crippen molar-refractivity contribution in [1.29, 1.82) is 0 Å². The summed E-state index contributed by atoms with van der Waals surface area (Å²) in [5.41, 5.74) is 4.92. The fraction of sp³-hybridized carbons (Fsp3) is 0.107. The van der Waals surface area contributed by atoms with Crippen LogP contribution in [0.25, 0.3) is 6.08 Å². The molecule has 188 valence electrons. The van der Waals surface area contributed by atoms with E-state index < -0.39 is 11.8 Å². The molecule has 0 radical (unpaired) electrons. The average molecular weight is 518 g/mol. The number of halogens is 1. The van der Waals surface area contributed by atoms with Gasteiger partial charge in [0.1, 0.15) is 5.57 Å². The Kier molecular flexibility index (Phi) is 7.90. The zero-order valence-corrected chi connectivity index (χ0v) is 20.7. The highest BCUT2D eigenvalue weighted by molar-refractivity contribution is 6.31. The van der Waals surface area contributed by atoms with E-state index in [-0.39, 0.29) is 18.1 Å². The molecule has 0 unspecified atom stereocenters. The predicted molar refractivity (Wildman–Crippen MR) is 143 cm³/mol. The molecule has 0 spiro atoms. The summed E-state index contributed by atoms with van der Waals surface area (Å²) in [5.74, 6) is -0.647. The summed E-state index contributed by atoms with van der Waals surface area (Å²) in [4.78, 5) is 38.0. The fourth-order valence-corrected chi connectivity index (χ4v) is 3.87. The van der Waals surface area contributed by atoms with Crippen LogP contribution in [0.2, 0.25) is 5.02 Å². The summed E-state index contributed by atoms with van der Waals surface area (Å²) in [6, 6.07) is 18.9. The molecule has 1 saturated heterocycles. The third kappa shape index (κ3) is 5.99. The minimum atomic E-state index is -0.516. The molecule has 9 heteroatoms. The van der Waals surface area contributed by atoms with Crippen molar-refractivity contribution in [1.82, 2.24) is 5.43 Å². The van der Waals surface area contributed by atoms with Gasteiger partial charge in [-0.2, -0.15) is 0 Å². The Hall–Kier alpha value is -4.56. The normalized spacial score (nSPS) is 13.9. The molecule has 3 aromatic rings. The maximum absolute atomic E-state index is 12.9. The Morgan fingerprint density at radius 3 is 2.51 bits per heavy atom. The van der Waals surface area contributed by atoms with Crippen molar-refractivity contribution < 1.29 is 23.9 Å². The van der Waals surface area contributed by atoms with Crippen LogP contribution in [-0.2, 0) is 20.8 Å². The van der Waals surface area contributed by atoms with Gasteiger partial charge < -0.3 is 14.8 Å². The third-order valence-electron chi connectivity index (χ3n) is 5.43. The Morgan fingerprint density at radius 2 is 1.84 bits per heavy atom. The van der Waals surface area contributed by atoms with Crippen LogP contribution >= 0.6 is 11.6 Å². The summed E-state index contributed by atoms with van der Waals surface area (Å²) in [7, 11) is 1.47. The number of hydrogen-bond acceptors (Lipinski definition) is 5. The van der Waals surface area contributed by atoms with Crippen molar-refractivity contribution in [2.45, 2.75) is 6.42 Å². The first-order chi connectivity index (χ1) is 17.9. The van der Waals surface area contributed by atoms with Gasteiger partial charge in [0, 0.05) is 16.3 Å². The average Bonchev–Trinajstić information content (AvgIpc) is 3.18. The molecule has 4 rings (SSSR count). The first-order valence-electron chi connectivity index (χ1n) is 11.3. The van der Waals surface area contributed by atoms with Gasteiger partial charge in [0.05, 0.1) is 12.8 Å². The molecule has 3 aromatic carbocycles. The third-order valence-corrected chi connectivity index (χ3v) is 5.68. The number of amides is 3. The molecular weight excluding hydrogens is 494 g/mol. The number of carbonyl (C=O) groups is 3. The van der Waals surface area contributed by atoms with Gasteiger partial charge in [-0.1, -0.05) is 35.9 Å². The number of ether oxygens (including phenoxy) is 2. The maximum Gasteiger partial charge on any atom is 0.282 e. The first kappa shape index (κ1) is 25.5. The number of para-hydroxylation sites is 1. The monoisotopic (exact) mass is 517 g/mol. The molecule has 0 aromatic heterocycles. The minimum absolute atomic E-state index is 0.0218. The maximum atomic E-state index is 12.9. The summed E-state index contributed by atoms with van der Waals surface area (Å²) in [6.45, 7) is 3.52. The molecule has 37 heavy (non-hydrogen) atoms. The smallest absolute Gasteiger partial charge is 0.282 e. The van der Waals surface area contributed by atoms with E-state index in [1.165, 1.54) is 18.2 Å². The van der Waals surface area contributed by atoms with Crippen LogP contribution in [0.3, 0.4) is 0 Å². The molecule has 0 saturated carbocycles. The Morgan fingerprint density at radius 1 is 1.11 bits per heavy atom. The van der Waals surface area contributed by atoms with Crippen molar-refractivity contribution in [3.63, 3.8) is 0 Å². The molecule has 0 bridgehead atoms. The highest BCUT2D eigenvalue weighted by atomic mass is 35.5. The van der Waals surface area contributed by atoms with Gasteiger partial charge >= 0.3 is 0 Å². The topological polar surface area (TPSA) is 97.0 Å². The van der Waals surface area contributed by atoms with Gasteiger partial charge in [-0.15, -0.1) is 6.58 Å². The number of hydrogen-bond donors (Lipinski definition) is 2. The lowest BCUT2D eigenvalue weighted by Crippen LogP contribution is -2.35. The highest BCUT2D eigenvalue weighted by Gasteiger charge is 2.34. The predicted octanol–water partition coefficient (Wildman–Crippen LogP) is 4.56. The van der Waals surface area contributed by atoms with Gasteiger partial charge in [0.15, 0.2) is 18.1 Å². The molecule has 2 N–H and O–H groups in total. The van der Waals surface area contributed by atoms with Gasteiger partial charge in [-0.3, -0.25) is 19.8 Å². The summed E-state index contributed by atoms with van der Waals surface area (Å²) in [5, 5.41) is 4.50. The highest BCUT2D eigenvalue weighted by Crippen LogP contribution is 2.35. The number of anilines is 2. The Labute approximate surface area is 219 Å². The molecular formula is C28H24ClN3O5. The number of nitrogens with one attached hydrogen (secondary N) is 2. The number of nitrogens with zero attached hydrogens (tertiary/aromatic N) is 1. The largest absolute Gasteiger partial charge is 0.493 e. The first-order valence-corrected chi connectivity index (χ1v) is 11.7. The van der Waals surface area contributed by atoms with E-state index in [9.17, 15) is 14.4 Å². The lowest BCUT2D eigenvalue weighted by Gasteiger charge is -2.16. The zero-order valence-electron chi connectivity index (χ0n) is 20.0. The van der Waals surface area contributed by atoms with E-state index >= 15 is 0 Å². The SMILES string of the molecule is C=CCc1cc(/C=C2/C(=O)NN(c3ccccc3)C2=O)cc(OC)c1OCC(=O)Nc1ccc(Cl)cc1.